The molecule has 0 bridgehead atoms. The van der Waals surface area contributed by atoms with E-state index in [9.17, 15) is 18.5 Å². The van der Waals surface area contributed by atoms with Gasteiger partial charge in [0.05, 0.1) is 4.92 Å². The number of nitrogens with two attached hydrogens (primary N) is 1. The Labute approximate surface area is 118 Å². The monoisotopic (exact) mass is 301 g/mol. The number of nitro groups is 1. The summed E-state index contributed by atoms with van der Waals surface area (Å²) in [5.41, 5.74) is 5.20. The zero-order valence-corrected chi connectivity index (χ0v) is 12.5. The minimum Gasteiger partial charge on any atom is -0.399 e. The summed E-state index contributed by atoms with van der Waals surface area (Å²) in [5.74, 6) is 0.309. The van der Waals surface area contributed by atoms with E-state index in [1.54, 1.807) is 6.92 Å². The quantitative estimate of drug-likeness (QED) is 0.473. The van der Waals surface area contributed by atoms with Gasteiger partial charge in [-0.05, 0) is 31.4 Å². The minimum atomic E-state index is -3.97. The number of nitro benzene ring substituents is 1. The molecule has 1 unspecified atom stereocenters. The lowest BCUT2D eigenvalue weighted by atomic mass is 10.1. The zero-order chi connectivity index (χ0) is 15.5. The smallest absolute Gasteiger partial charge is 0.289 e. The Morgan fingerprint density at radius 3 is 2.45 bits per heavy atom. The fraction of sp³-hybridized carbons (Fsp3) is 0.500. The first-order valence-corrected chi connectivity index (χ1v) is 7.68. The Morgan fingerprint density at radius 2 is 1.95 bits per heavy atom. The molecule has 3 N–H and O–H groups in total. The second-order valence-corrected chi connectivity index (χ2v) is 6.82. The molecule has 0 radical (unpaired) electrons. The second kappa shape index (κ2) is 6.19. The second-order valence-electron chi connectivity index (χ2n) is 5.14. The molecule has 0 saturated carbocycles. The fourth-order valence-electron chi connectivity index (χ4n) is 1.98. The van der Waals surface area contributed by atoms with E-state index in [-0.39, 0.29) is 11.7 Å². The Morgan fingerprint density at radius 1 is 1.35 bits per heavy atom. The van der Waals surface area contributed by atoms with Gasteiger partial charge >= 0.3 is 0 Å². The molecule has 0 aliphatic heterocycles. The standard InChI is InChI=1S/C12H19N3O4S/c1-8(2)6-9(3)14-20(18,19)12-7-10(13)4-5-11(12)15(16)17/h4-5,7-9,14H,6,13H2,1-3H3. The van der Waals surface area contributed by atoms with Crippen molar-refractivity contribution in [2.45, 2.75) is 38.1 Å². The highest BCUT2D eigenvalue weighted by molar-refractivity contribution is 7.89. The van der Waals surface area contributed by atoms with Crippen molar-refractivity contribution in [1.82, 2.24) is 4.72 Å². The maximum Gasteiger partial charge on any atom is 0.289 e. The summed E-state index contributed by atoms with van der Waals surface area (Å²) < 4.78 is 26.9. The van der Waals surface area contributed by atoms with Gasteiger partial charge in [-0.3, -0.25) is 10.1 Å². The van der Waals surface area contributed by atoms with Gasteiger partial charge in [0.15, 0.2) is 4.90 Å². The molecule has 0 aromatic heterocycles. The van der Waals surface area contributed by atoms with Crippen LogP contribution in [0.25, 0.3) is 0 Å². The van der Waals surface area contributed by atoms with Crippen LogP contribution in [0, 0.1) is 16.0 Å². The Balaban J connectivity index is 3.15. The average molecular weight is 301 g/mol. The number of hydrogen-bond donors (Lipinski definition) is 2. The van der Waals surface area contributed by atoms with Crippen LogP contribution in [-0.2, 0) is 10.0 Å². The molecule has 0 aliphatic carbocycles. The van der Waals surface area contributed by atoms with Crippen LogP contribution in [0.3, 0.4) is 0 Å². The lowest BCUT2D eigenvalue weighted by Gasteiger charge is -2.16. The third-order valence-corrected chi connectivity index (χ3v) is 4.27. The molecular weight excluding hydrogens is 282 g/mol. The van der Waals surface area contributed by atoms with E-state index in [0.717, 1.165) is 12.1 Å². The van der Waals surface area contributed by atoms with Gasteiger partial charge < -0.3 is 5.73 Å². The predicted octanol–water partition coefficient (Wildman–Crippen LogP) is 1.89. The van der Waals surface area contributed by atoms with E-state index in [4.69, 9.17) is 5.73 Å². The molecule has 0 fully saturated rings. The molecule has 0 spiro atoms. The molecule has 7 nitrogen and oxygen atoms in total. The number of nitrogen functional groups attached to an aromatic ring is 1. The molecule has 8 heteroatoms. The Bertz CT molecular complexity index is 599. The molecule has 0 heterocycles. The zero-order valence-electron chi connectivity index (χ0n) is 11.7. The summed E-state index contributed by atoms with van der Waals surface area (Å²) in [5, 5.41) is 10.9. The Kier molecular flexibility index (Phi) is 5.07. The van der Waals surface area contributed by atoms with Gasteiger partial charge in [-0.2, -0.15) is 0 Å². The van der Waals surface area contributed by atoms with Crippen LogP contribution in [0.4, 0.5) is 11.4 Å². The van der Waals surface area contributed by atoms with Crippen LogP contribution in [0.15, 0.2) is 23.1 Å². The number of sulfonamides is 1. The summed E-state index contributed by atoms with van der Waals surface area (Å²) in [4.78, 5) is 9.78. The summed E-state index contributed by atoms with van der Waals surface area (Å²) in [6.07, 6.45) is 0.634. The summed E-state index contributed by atoms with van der Waals surface area (Å²) in [6, 6.07) is 3.18. The molecule has 1 aromatic rings. The molecule has 1 rings (SSSR count). The van der Waals surface area contributed by atoms with Gasteiger partial charge in [0.2, 0.25) is 10.0 Å². The van der Waals surface area contributed by atoms with Crippen LogP contribution >= 0.6 is 0 Å². The van der Waals surface area contributed by atoms with Crippen molar-refractivity contribution in [3.63, 3.8) is 0 Å². The summed E-state index contributed by atoms with van der Waals surface area (Å²) in [7, 11) is -3.97. The number of benzene rings is 1. The van der Waals surface area contributed by atoms with Gasteiger partial charge in [-0.25, -0.2) is 13.1 Å². The summed E-state index contributed by atoms with van der Waals surface area (Å²) in [6.45, 7) is 5.65. The van der Waals surface area contributed by atoms with Gasteiger partial charge in [0, 0.05) is 17.8 Å². The number of hydrogen-bond acceptors (Lipinski definition) is 5. The van der Waals surface area contributed by atoms with Crippen molar-refractivity contribution in [3.8, 4) is 0 Å². The Hall–Kier alpha value is -1.67. The number of nitrogens with zero attached hydrogens (tertiary/aromatic N) is 1. The van der Waals surface area contributed by atoms with Gasteiger partial charge in [0.1, 0.15) is 0 Å². The highest BCUT2D eigenvalue weighted by Gasteiger charge is 2.27. The first-order chi connectivity index (χ1) is 9.13. The lowest BCUT2D eigenvalue weighted by molar-refractivity contribution is -0.387. The number of anilines is 1. The molecule has 1 atom stereocenters. The van der Waals surface area contributed by atoms with E-state index in [2.05, 4.69) is 4.72 Å². The van der Waals surface area contributed by atoms with E-state index in [1.807, 2.05) is 13.8 Å². The molecule has 20 heavy (non-hydrogen) atoms. The van der Waals surface area contributed by atoms with Crippen LogP contribution in [0.1, 0.15) is 27.2 Å². The normalized spacial score (nSPS) is 13.4. The lowest BCUT2D eigenvalue weighted by Crippen LogP contribution is -2.33. The third-order valence-electron chi connectivity index (χ3n) is 2.65. The molecular formula is C12H19N3O4S. The van der Waals surface area contributed by atoms with Crippen molar-refractivity contribution in [1.29, 1.82) is 0 Å². The van der Waals surface area contributed by atoms with Crippen molar-refractivity contribution in [3.05, 3.63) is 28.3 Å². The highest BCUT2D eigenvalue weighted by atomic mass is 32.2. The molecule has 112 valence electrons. The van der Waals surface area contributed by atoms with Crippen LogP contribution in [-0.4, -0.2) is 19.4 Å². The van der Waals surface area contributed by atoms with Crippen LogP contribution < -0.4 is 10.5 Å². The van der Waals surface area contributed by atoms with E-state index in [1.165, 1.54) is 6.07 Å². The summed E-state index contributed by atoms with van der Waals surface area (Å²) >= 11 is 0. The number of nitrogens with one attached hydrogen (secondary N) is 1. The van der Waals surface area contributed by atoms with E-state index in [0.29, 0.717) is 12.3 Å². The largest absolute Gasteiger partial charge is 0.399 e. The maximum absolute atomic E-state index is 12.2. The van der Waals surface area contributed by atoms with E-state index < -0.39 is 25.5 Å². The fourth-order valence-corrected chi connectivity index (χ4v) is 3.44. The SMILES string of the molecule is CC(C)CC(C)NS(=O)(=O)c1cc(N)ccc1[N+](=O)[O-]. The predicted molar refractivity (Wildman–Crippen MR) is 76.7 cm³/mol. The van der Waals surface area contributed by atoms with Crippen molar-refractivity contribution >= 4 is 21.4 Å². The van der Waals surface area contributed by atoms with Gasteiger partial charge in [-0.15, -0.1) is 0 Å². The molecule has 0 amide bonds. The maximum atomic E-state index is 12.2. The van der Waals surface area contributed by atoms with Crippen molar-refractivity contribution < 1.29 is 13.3 Å². The van der Waals surface area contributed by atoms with E-state index >= 15 is 0 Å². The topological polar surface area (TPSA) is 115 Å². The van der Waals surface area contributed by atoms with Crippen molar-refractivity contribution in [2.75, 3.05) is 5.73 Å². The van der Waals surface area contributed by atoms with Crippen LogP contribution in [0.2, 0.25) is 0 Å². The van der Waals surface area contributed by atoms with Gasteiger partial charge in [-0.1, -0.05) is 13.8 Å². The molecule has 0 aliphatic rings. The molecule has 0 saturated heterocycles. The number of rotatable bonds is 6. The van der Waals surface area contributed by atoms with Gasteiger partial charge in [0.25, 0.3) is 5.69 Å². The highest BCUT2D eigenvalue weighted by Crippen LogP contribution is 2.26. The minimum absolute atomic E-state index is 0.160. The average Bonchev–Trinajstić information content (AvgIpc) is 2.26. The molecule has 1 aromatic carbocycles. The third kappa shape index (κ3) is 4.17. The first-order valence-electron chi connectivity index (χ1n) is 6.19. The van der Waals surface area contributed by atoms with Crippen molar-refractivity contribution in [2.24, 2.45) is 5.92 Å². The first kappa shape index (κ1) is 16.4. The van der Waals surface area contributed by atoms with Crippen LogP contribution in [0.5, 0.6) is 0 Å².